The third-order valence-electron chi connectivity index (χ3n) is 2.98. The van der Waals surface area contributed by atoms with Crippen molar-refractivity contribution in [1.82, 2.24) is 19.6 Å². The first-order chi connectivity index (χ1) is 7.65. The van der Waals surface area contributed by atoms with E-state index < -0.39 is 0 Å². The van der Waals surface area contributed by atoms with Gasteiger partial charge in [-0.3, -0.25) is 14.4 Å². The van der Waals surface area contributed by atoms with Gasteiger partial charge in [0.25, 0.3) is 0 Å². The Morgan fingerprint density at radius 3 is 2.56 bits per heavy atom. The topological polar surface area (TPSA) is 41.4 Å². The molecule has 1 fully saturated rings. The maximum Gasteiger partial charge on any atom is 0.219 e. The number of piperazine rings is 1. The lowest BCUT2D eigenvalue weighted by Gasteiger charge is -2.33. The summed E-state index contributed by atoms with van der Waals surface area (Å²) < 4.78 is 1.82. The van der Waals surface area contributed by atoms with Crippen LogP contribution in [0.5, 0.6) is 0 Å². The molecule has 1 aromatic heterocycles. The lowest BCUT2D eigenvalue weighted by molar-refractivity contribution is -0.130. The van der Waals surface area contributed by atoms with Crippen molar-refractivity contribution in [1.29, 1.82) is 0 Å². The van der Waals surface area contributed by atoms with E-state index in [2.05, 4.69) is 10.00 Å². The molecular weight excluding hydrogens is 204 g/mol. The molecule has 0 aliphatic carbocycles. The van der Waals surface area contributed by atoms with Gasteiger partial charge in [-0.25, -0.2) is 0 Å². The second kappa shape index (κ2) is 4.65. The van der Waals surface area contributed by atoms with Gasteiger partial charge in [-0.1, -0.05) is 0 Å². The Balaban J connectivity index is 1.83. The van der Waals surface area contributed by atoms with E-state index in [1.165, 1.54) is 5.56 Å². The fraction of sp³-hybridized carbons (Fsp3) is 0.636. The highest BCUT2D eigenvalue weighted by Crippen LogP contribution is 2.07. The summed E-state index contributed by atoms with van der Waals surface area (Å²) in [6.07, 6.45) is 3.94. The lowest BCUT2D eigenvalue weighted by atomic mass is 10.2. The number of hydrogen-bond acceptors (Lipinski definition) is 3. The number of amides is 1. The third-order valence-corrected chi connectivity index (χ3v) is 2.98. The zero-order chi connectivity index (χ0) is 11.5. The van der Waals surface area contributed by atoms with Gasteiger partial charge in [-0.15, -0.1) is 0 Å². The summed E-state index contributed by atoms with van der Waals surface area (Å²) >= 11 is 0. The number of aryl methyl sites for hydroxylation is 1. The molecule has 1 saturated heterocycles. The van der Waals surface area contributed by atoms with Crippen LogP contribution in [0.1, 0.15) is 12.5 Å². The summed E-state index contributed by atoms with van der Waals surface area (Å²) in [6.45, 7) is 6.16. The molecule has 0 unspecified atom stereocenters. The fourth-order valence-corrected chi connectivity index (χ4v) is 2.03. The van der Waals surface area contributed by atoms with Gasteiger partial charge in [0.1, 0.15) is 0 Å². The Hall–Kier alpha value is -1.36. The van der Waals surface area contributed by atoms with Gasteiger partial charge in [-0.2, -0.15) is 5.10 Å². The summed E-state index contributed by atoms with van der Waals surface area (Å²) in [5.41, 5.74) is 1.23. The second-order valence-electron chi connectivity index (χ2n) is 4.30. The van der Waals surface area contributed by atoms with E-state index in [1.807, 2.05) is 29.0 Å². The highest BCUT2D eigenvalue weighted by Gasteiger charge is 2.18. The van der Waals surface area contributed by atoms with E-state index in [1.54, 1.807) is 6.92 Å². The molecule has 0 radical (unpaired) electrons. The summed E-state index contributed by atoms with van der Waals surface area (Å²) in [5.74, 6) is 0.182. The van der Waals surface area contributed by atoms with Crippen molar-refractivity contribution in [3.63, 3.8) is 0 Å². The van der Waals surface area contributed by atoms with Gasteiger partial charge in [0.15, 0.2) is 0 Å². The number of carbonyl (C=O) groups is 1. The standard InChI is InChI=1S/C11H18N4O/c1-10(16)15-5-3-14(4-6-15)9-11-7-12-13(2)8-11/h7-8H,3-6,9H2,1-2H3. The van der Waals surface area contributed by atoms with Gasteiger partial charge >= 0.3 is 0 Å². The molecular formula is C11H18N4O. The fourth-order valence-electron chi connectivity index (χ4n) is 2.03. The Labute approximate surface area is 95.6 Å². The molecule has 0 N–H and O–H groups in total. The van der Waals surface area contributed by atoms with Gasteiger partial charge < -0.3 is 4.90 Å². The van der Waals surface area contributed by atoms with Crippen molar-refractivity contribution in [3.8, 4) is 0 Å². The summed E-state index contributed by atoms with van der Waals surface area (Å²) in [4.78, 5) is 15.4. The molecule has 16 heavy (non-hydrogen) atoms. The second-order valence-corrected chi connectivity index (χ2v) is 4.30. The molecule has 1 amide bonds. The van der Waals surface area contributed by atoms with Crippen LogP contribution >= 0.6 is 0 Å². The Kier molecular flexibility index (Phi) is 3.24. The molecule has 2 heterocycles. The minimum absolute atomic E-state index is 0.182. The smallest absolute Gasteiger partial charge is 0.219 e. The van der Waals surface area contributed by atoms with Gasteiger partial charge in [0.05, 0.1) is 6.20 Å². The van der Waals surface area contributed by atoms with Crippen molar-refractivity contribution in [2.24, 2.45) is 7.05 Å². The molecule has 0 spiro atoms. The number of aromatic nitrogens is 2. The summed E-state index contributed by atoms with van der Waals surface area (Å²) in [6, 6.07) is 0. The first-order valence-electron chi connectivity index (χ1n) is 5.60. The Morgan fingerprint density at radius 1 is 1.38 bits per heavy atom. The molecule has 0 atom stereocenters. The summed E-state index contributed by atoms with van der Waals surface area (Å²) in [7, 11) is 1.93. The molecule has 0 saturated carbocycles. The van der Waals surface area contributed by atoms with E-state index in [0.29, 0.717) is 0 Å². The minimum atomic E-state index is 0.182. The zero-order valence-electron chi connectivity index (χ0n) is 9.89. The number of nitrogens with zero attached hydrogens (tertiary/aromatic N) is 4. The molecule has 5 nitrogen and oxygen atoms in total. The molecule has 88 valence electrons. The highest BCUT2D eigenvalue weighted by molar-refractivity contribution is 5.73. The summed E-state index contributed by atoms with van der Waals surface area (Å²) in [5, 5.41) is 4.15. The predicted octanol–water partition coefficient (Wildman–Crippen LogP) is 0.0842. The normalized spacial score (nSPS) is 17.8. The number of hydrogen-bond donors (Lipinski definition) is 0. The van der Waals surface area contributed by atoms with E-state index >= 15 is 0 Å². The quantitative estimate of drug-likeness (QED) is 0.712. The molecule has 1 aliphatic heterocycles. The molecule has 5 heteroatoms. The Bertz CT molecular complexity index is 366. The van der Waals surface area contributed by atoms with Crippen LogP contribution in [0, 0.1) is 0 Å². The maximum absolute atomic E-state index is 11.2. The van der Waals surface area contributed by atoms with Crippen LogP contribution in [-0.4, -0.2) is 51.7 Å². The number of rotatable bonds is 2. The largest absolute Gasteiger partial charge is 0.340 e. The SMILES string of the molecule is CC(=O)N1CCN(Cc2cnn(C)c2)CC1. The van der Waals surface area contributed by atoms with Crippen molar-refractivity contribution in [3.05, 3.63) is 18.0 Å². The van der Waals surface area contributed by atoms with Gasteiger partial charge in [0, 0.05) is 58.5 Å². The van der Waals surface area contributed by atoms with Crippen molar-refractivity contribution >= 4 is 5.91 Å². The molecule has 0 aromatic carbocycles. The van der Waals surface area contributed by atoms with E-state index in [4.69, 9.17) is 0 Å². The van der Waals surface area contributed by atoms with Crippen molar-refractivity contribution in [2.45, 2.75) is 13.5 Å². The first kappa shape index (κ1) is 11.1. The minimum Gasteiger partial charge on any atom is -0.340 e. The van der Waals surface area contributed by atoms with Crippen LogP contribution in [-0.2, 0) is 18.4 Å². The predicted molar refractivity (Wildman–Crippen MR) is 60.7 cm³/mol. The average molecular weight is 222 g/mol. The molecule has 2 rings (SSSR count). The van der Waals surface area contributed by atoms with E-state index in [9.17, 15) is 4.79 Å². The third kappa shape index (κ3) is 2.61. The average Bonchev–Trinajstić information content (AvgIpc) is 2.65. The van der Waals surface area contributed by atoms with E-state index in [0.717, 1.165) is 32.7 Å². The monoisotopic (exact) mass is 222 g/mol. The van der Waals surface area contributed by atoms with Crippen molar-refractivity contribution < 1.29 is 4.79 Å². The molecule has 1 aromatic rings. The number of carbonyl (C=O) groups excluding carboxylic acids is 1. The maximum atomic E-state index is 11.2. The lowest BCUT2D eigenvalue weighted by Crippen LogP contribution is -2.47. The van der Waals surface area contributed by atoms with Crippen LogP contribution in [0.15, 0.2) is 12.4 Å². The van der Waals surface area contributed by atoms with Crippen LogP contribution < -0.4 is 0 Å². The van der Waals surface area contributed by atoms with Crippen LogP contribution in [0.2, 0.25) is 0 Å². The molecule has 1 aliphatic rings. The van der Waals surface area contributed by atoms with Gasteiger partial charge in [0.2, 0.25) is 5.91 Å². The van der Waals surface area contributed by atoms with Crippen LogP contribution in [0.3, 0.4) is 0 Å². The van der Waals surface area contributed by atoms with Gasteiger partial charge in [-0.05, 0) is 0 Å². The van der Waals surface area contributed by atoms with E-state index in [-0.39, 0.29) is 5.91 Å². The Morgan fingerprint density at radius 2 is 2.06 bits per heavy atom. The van der Waals surface area contributed by atoms with Crippen LogP contribution in [0.4, 0.5) is 0 Å². The van der Waals surface area contributed by atoms with Crippen LogP contribution in [0.25, 0.3) is 0 Å². The van der Waals surface area contributed by atoms with Crippen molar-refractivity contribution in [2.75, 3.05) is 26.2 Å². The molecule has 0 bridgehead atoms. The zero-order valence-corrected chi connectivity index (χ0v) is 9.89. The first-order valence-corrected chi connectivity index (χ1v) is 5.60. The highest BCUT2D eigenvalue weighted by atomic mass is 16.2.